The van der Waals surface area contributed by atoms with Gasteiger partial charge in [0.2, 0.25) is 5.91 Å². The second-order valence-electron chi connectivity index (χ2n) is 8.55. The van der Waals surface area contributed by atoms with Crippen molar-refractivity contribution in [1.29, 1.82) is 0 Å². The molecule has 4 rings (SSSR count). The minimum atomic E-state index is -0.361. The summed E-state index contributed by atoms with van der Waals surface area (Å²) >= 11 is 0. The van der Waals surface area contributed by atoms with E-state index in [4.69, 9.17) is 4.74 Å². The molecule has 5 heteroatoms. The fraction of sp³-hybridized carbons (Fsp3) is 0.500. The van der Waals surface area contributed by atoms with E-state index < -0.39 is 0 Å². The summed E-state index contributed by atoms with van der Waals surface area (Å²) in [5.41, 5.74) is 3.18. The Hall–Kier alpha value is -2.24. The van der Waals surface area contributed by atoms with Crippen LogP contribution in [0.5, 0.6) is 0 Å². The van der Waals surface area contributed by atoms with Crippen molar-refractivity contribution in [2.24, 2.45) is 5.41 Å². The molecule has 0 saturated carbocycles. The van der Waals surface area contributed by atoms with Crippen LogP contribution in [0.25, 0.3) is 11.1 Å². The van der Waals surface area contributed by atoms with Gasteiger partial charge in [-0.25, -0.2) is 0 Å². The van der Waals surface area contributed by atoms with Gasteiger partial charge in [-0.3, -0.25) is 9.78 Å². The third kappa shape index (κ3) is 4.85. The van der Waals surface area contributed by atoms with Gasteiger partial charge in [-0.15, -0.1) is 0 Å². The highest BCUT2D eigenvalue weighted by Gasteiger charge is 2.41. The average Bonchev–Trinajstić information content (AvgIpc) is 2.77. The number of carbonyl (C=O) groups excluding carboxylic acids is 1. The van der Waals surface area contributed by atoms with Crippen LogP contribution in [0.4, 0.5) is 0 Å². The molecule has 1 N–H and O–H groups in total. The Balaban J connectivity index is 1.47. The van der Waals surface area contributed by atoms with E-state index in [1.165, 1.54) is 11.1 Å². The van der Waals surface area contributed by atoms with E-state index >= 15 is 0 Å². The predicted molar refractivity (Wildman–Crippen MR) is 115 cm³/mol. The Kier molecular flexibility index (Phi) is 6.26. The van der Waals surface area contributed by atoms with Gasteiger partial charge in [-0.2, -0.15) is 0 Å². The molecule has 2 aliphatic heterocycles. The van der Waals surface area contributed by atoms with Crippen molar-refractivity contribution in [3.05, 3.63) is 54.4 Å². The zero-order chi connectivity index (χ0) is 20.1. The fourth-order valence-corrected chi connectivity index (χ4v) is 4.49. The van der Waals surface area contributed by atoms with E-state index in [2.05, 4.69) is 46.5 Å². The van der Waals surface area contributed by atoms with Gasteiger partial charge in [0.15, 0.2) is 0 Å². The zero-order valence-corrected chi connectivity index (χ0v) is 17.3. The molecule has 2 fully saturated rings. The van der Waals surface area contributed by atoms with Gasteiger partial charge in [-0.1, -0.05) is 24.3 Å². The minimum absolute atomic E-state index is 0.216. The van der Waals surface area contributed by atoms with Gasteiger partial charge in [0.1, 0.15) is 0 Å². The molecule has 0 atom stereocenters. The maximum atomic E-state index is 13.4. The molecular formula is C24H31N3O2. The number of amides is 1. The van der Waals surface area contributed by atoms with Crippen molar-refractivity contribution in [2.45, 2.75) is 38.1 Å². The SMILES string of the molecule is CN1CCC(NC(=O)C2(Cc3ccc(-c4ccncc4)cc3)CCOCC2)CC1. The zero-order valence-electron chi connectivity index (χ0n) is 17.3. The highest BCUT2D eigenvalue weighted by Crippen LogP contribution is 2.35. The molecule has 0 spiro atoms. The summed E-state index contributed by atoms with van der Waals surface area (Å²) in [5, 5.41) is 3.38. The summed E-state index contributed by atoms with van der Waals surface area (Å²) in [7, 11) is 2.15. The van der Waals surface area contributed by atoms with E-state index in [1.807, 2.05) is 24.5 Å². The third-order valence-electron chi connectivity index (χ3n) is 6.50. The monoisotopic (exact) mass is 393 g/mol. The van der Waals surface area contributed by atoms with Crippen LogP contribution in [0, 0.1) is 5.41 Å². The van der Waals surface area contributed by atoms with E-state index in [0.29, 0.717) is 19.3 Å². The van der Waals surface area contributed by atoms with E-state index in [0.717, 1.165) is 50.8 Å². The first-order valence-electron chi connectivity index (χ1n) is 10.7. The molecule has 1 aromatic carbocycles. The van der Waals surface area contributed by atoms with Crippen molar-refractivity contribution < 1.29 is 9.53 Å². The first-order valence-corrected chi connectivity index (χ1v) is 10.7. The lowest BCUT2D eigenvalue weighted by molar-refractivity contribution is -0.137. The Morgan fingerprint density at radius 2 is 1.69 bits per heavy atom. The van der Waals surface area contributed by atoms with Crippen LogP contribution in [0.3, 0.4) is 0 Å². The molecule has 2 aliphatic rings. The second kappa shape index (κ2) is 9.06. The maximum absolute atomic E-state index is 13.4. The summed E-state index contributed by atoms with van der Waals surface area (Å²) in [6, 6.07) is 13.0. The van der Waals surface area contributed by atoms with Gasteiger partial charge in [0.05, 0.1) is 5.41 Å². The van der Waals surface area contributed by atoms with Gasteiger partial charge in [-0.05, 0) is 81.1 Å². The molecule has 1 amide bonds. The molecule has 29 heavy (non-hydrogen) atoms. The number of nitrogens with zero attached hydrogens (tertiary/aromatic N) is 2. The number of carbonyl (C=O) groups is 1. The van der Waals surface area contributed by atoms with E-state index in [1.54, 1.807) is 0 Å². The number of ether oxygens (including phenoxy) is 1. The van der Waals surface area contributed by atoms with Crippen LogP contribution in [0.15, 0.2) is 48.8 Å². The van der Waals surface area contributed by atoms with Crippen molar-refractivity contribution in [2.75, 3.05) is 33.4 Å². The highest BCUT2D eigenvalue weighted by molar-refractivity contribution is 5.83. The van der Waals surface area contributed by atoms with Gasteiger partial charge in [0, 0.05) is 31.6 Å². The third-order valence-corrected chi connectivity index (χ3v) is 6.50. The van der Waals surface area contributed by atoms with Crippen LogP contribution < -0.4 is 5.32 Å². The number of likely N-dealkylation sites (tertiary alicyclic amines) is 1. The smallest absolute Gasteiger partial charge is 0.226 e. The molecule has 3 heterocycles. The number of piperidine rings is 1. The number of aromatic nitrogens is 1. The molecule has 5 nitrogen and oxygen atoms in total. The molecule has 0 unspecified atom stereocenters. The van der Waals surface area contributed by atoms with Crippen molar-refractivity contribution in [1.82, 2.24) is 15.2 Å². The highest BCUT2D eigenvalue weighted by atomic mass is 16.5. The first kappa shape index (κ1) is 20.0. The molecule has 1 aromatic heterocycles. The Morgan fingerprint density at radius 1 is 1.07 bits per heavy atom. The van der Waals surface area contributed by atoms with Crippen LogP contribution in [0.1, 0.15) is 31.2 Å². The molecule has 154 valence electrons. The second-order valence-corrected chi connectivity index (χ2v) is 8.55. The summed E-state index contributed by atoms with van der Waals surface area (Å²) in [6.45, 7) is 3.43. The standard InChI is InChI=1S/C24H31N3O2/c1-27-14-8-22(9-15-27)26-23(28)24(10-16-29-17-11-24)18-19-2-4-20(5-3-19)21-6-12-25-13-7-21/h2-7,12-13,22H,8-11,14-18H2,1H3,(H,26,28). The van der Waals surface area contributed by atoms with Crippen molar-refractivity contribution in [3.63, 3.8) is 0 Å². The summed E-state index contributed by atoms with van der Waals surface area (Å²) in [6.07, 6.45) is 8.05. The van der Waals surface area contributed by atoms with E-state index in [-0.39, 0.29) is 11.3 Å². The van der Waals surface area contributed by atoms with Crippen molar-refractivity contribution >= 4 is 5.91 Å². The lowest BCUT2D eigenvalue weighted by Gasteiger charge is -2.38. The summed E-state index contributed by atoms with van der Waals surface area (Å²) in [5.74, 6) is 0.216. The van der Waals surface area contributed by atoms with Crippen LogP contribution in [-0.2, 0) is 16.0 Å². The lowest BCUT2D eigenvalue weighted by Crippen LogP contribution is -2.51. The Bertz CT molecular complexity index is 793. The number of rotatable bonds is 5. The molecular weight excluding hydrogens is 362 g/mol. The molecule has 0 bridgehead atoms. The summed E-state index contributed by atoms with van der Waals surface area (Å²) in [4.78, 5) is 19.8. The summed E-state index contributed by atoms with van der Waals surface area (Å²) < 4.78 is 5.60. The largest absolute Gasteiger partial charge is 0.381 e. The van der Waals surface area contributed by atoms with Crippen LogP contribution in [-0.4, -0.2) is 55.2 Å². The lowest BCUT2D eigenvalue weighted by atomic mass is 9.74. The number of benzene rings is 1. The van der Waals surface area contributed by atoms with Crippen molar-refractivity contribution in [3.8, 4) is 11.1 Å². The Labute approximate surface area is 173 Å². The maximum Gasteiger partial charge on any atom is 0.226 e. The molecule has 2 saturated heterocycles. The van der Waals surface area contributed by atoms with Crippen LogP contribution in [0.2, 0.25) is 0 Å². The number of hydrogen-bond acceptors (Lipinski definition) is 4. The van der Waals surface area contributed by atoms with Gasteiger partial charge >= 0.3 is 0 Å². The number of hydrogen-bond donors (Lipinski definition) is 1. The quantitative estimate of drug-likeness (QED) is 0.847. The van der Waals surface area contributed by atoms with E-state index in [9.17, 15) is 4.79 Å². The van der Waals surface area contributed by atoms with Gasteiger partial charge < -0.3 is 15.0 Å². The average molecular weight is 394 g/mol. The topological polar surface area (TPSA) is 54.5 Å². The number of pyridine rings is 1. The van der Waals surface area contributed by atoms with Gasteiger partial charge in [0.25, 0.3) is 0 Å². The predicted octanol–water partition coefficient (Wildman–Crippen LogP) is 3.30. The molecule has 0 radical (unpaired) electrons. The minimum Gasteiger partial charge on any atom is -0.381 e. The normalized spacial score (nSPS) is 20.3. The number of nitrogens with one attached hydrogen (secondary N) is 1. The molecule has 0 aliphatic carbocycles. The Morgan fingerprint density at radius 3 is 2.34 bits per heavy atom. The molecule has 2 aromatic rings. The van der Waals surface area contributed by atoms with Crippen LogP contribution >= 0.6 is 0 Å². The fourth-order valence-electron chi connectivity index (χ4n) is 4.49. The first-order chi connectivity index (χ1) is 14.1.